The first kappa shape index (κ1) is 17.9. The molecule has 1 aliphatic heterocycles. The van der Waals surface area contributed by atoms with E-state index in [4.69, 9.17) is 0 Å². The van der Waals surface area contributed by atoms with Gasteiger partial charge in [-0.2, -0.15) is 5.10 Å². The van der Waals surface area contributed by atoms with Gasteiger partial charge in [-0.05, 0) is 31.5 Å². The summed E-state index contributed by atoms with van der Waals surface area (Å²) in [5.74, 6) is -0.204. The zero-order valence-electron chi connectivity index (χ0n) is 15.1. The molecule has 1 aliphatic rings. The Balaban J connectivity index is 1.85. The zero-order chi connectivity index (χ0) is 18.5. The minimum Gasteiger partial charge on any atom is -0.331 e. The highest BCUT2D eigenvalue weighted by atomic mass is 16.2. The lowest BCUT2D eigenvalue weighted by molar-refractivity contribution is -0.126. The zero-order valence-corrected chi connectivity index (χ0v) is 15.1. The van der Waals surface area contributed by atoms with E-state index in [1.165, 1.54) is 5.01 Å². The standard InChI is InChI=1S/C21H23N3O2/c1-16(2)23(15-17-9-5-3-6-10-17)21(26)19-13-14-20(25)24(22-19)18-11-7-4-8-12-18/h3-12,16H,13-15H2,1-2H3. The third kappa shape index (κ3) is 3.99. The number of benzene rings is 2. The largest absolute Gasteiger partial charge is 0.331 e. The van der Waals surface area contributed by atoms with Crippen LogP contribution in [0, 0.1) is 0 Å². The maximum Gasteiger partial charge on any atom is 0.270 e. The number of hydrogen-bond acceptors (Lipinski definition) is 3. The van der Waals surface area contributed by atoms with Gasteiger partial charge in [0.05, 0.1) is 5.69 Å². The van der Waals surface area contributed by atoms with Gasteiger partial charge in [-0.25, -0.2) is 5.01 Å². The number of hydrazone groups is 1. The lowest BCUT2D eigenvalue weighted by atomic mass is 10.1. The van der Waals surface area contributed by atoms with Crippen molar-refractivity contribution in [1.29, 1.82) is 0 Å². The first-order valence-electron chi connectivity index (χ1n) is 8.86. The molecule has 1 heterocycles. The third-order valence-electron chi connectivity index (χ3n) is 4.36. The van der Waals surface area contributed by atoms with E-state index in [2.05, 4.69) is 5.10 Å². The topological polar surface area (TPSA) is 53.0 Å². The Labute approximate surface area is 153 Å². The molecule has 26 heavy (non-hydrogen) atoms. The van der Waals surface area contributed by atoms with E-state index in [0.717, 1.165) is 5.56 Å². The van der Waals surface area contributed by atoms with Gasteiger partial charge in [0.1, 0.15) is 5.71 Å². The number of anilines is 1. The van der Waals surface area contributed by atoms with E-state index in [9.17, 15) is 9.59 Å². The summed E-state index contributed by atoms with van der Waals surface area (Å²) < 4.78 is 0. The molecule has 0 fully saturated rings. The summed E-state index contributed by atoms with van der Waals surface area (Å²) in [5.41, 5.74) is 2.18. The molecular weight excluding hydrogens is 326 g/mol. The van der Waals surface area contributed by atoms with Crippen LogP contribution in [0.3, 0.4) is 0 Å². The Hall–Kier alpha value is -2.95. The summed E-state index contributed by atoms with van der Waals surface area (Å²) in [7, 11) is 0. The average molecular weight is 349 g/mol. The van der Waals surface area contributed by atoms with E-state index in [0.29, 0.717) is 24.4 Å². The monoisotopic (exact) mass is 349 g/mol. The highest BCUT2D eigenvalue weighted by Gasteiger charge is 2.29. The van der Waals surface area contributed by atoms with Crippen molar-refractivity contribution in [2.45, 2.75) is 39.3 Å². The number of carbonyl (C=O) groups excluding carboxylic acids is 2. The van der Waals surface area contributed by atoms with Crippen molar-refractivity contribution < 1.29 is 9.59 Å². The SMILES string of the molecule is CC(C)N(Cc1ccccc1)C(=O)C1=NN(c2ccccc2)C(=O)CC1. The number of rotatable bonds is 5. The second-order valence-electron chi connectivity index (χ2n) is 6.60. The highest BCUT2D eigenvalue weighted by molar-refractivity contribution is 6.40. The van der Waals surface area contributed by atoms with Crippen LogP contribution in [0.25, 0.3) is 0 Å². The maximum absolute atomic E-state index is 13.1. The summed E-state index contributed by atoms with van der Waals surface area (Å²) in [6.45, 7) is 4.50. The number of amides is 2. The number of carbonyl (C=O) groups is 2. The number of para-hydroxylation sites is 1. The van der Waals surface area contributed by atoms with Crippen LogP contribution in [-0.2, 0) is 16.1 Å². The van der Waals surface area contributed by atoms with Crippen LogP contribution >= 0.6 is 0 Å². The predicted octanol–water partition coefficient (Wildman–Crippen LogP) is 3.61. The van der Waals surface area contributed by atoms with E-state index in [1.807, 2.05) is 74.5 Å². The summed E-state index contributed by atoms with van der Waals surface area (Å²) in [4.78, 5) is 27.1. The predicted molar refractivity (Wildman–Crippen MR) is 103 cm³/mol. The second kappa shape index (κ2) is 7.95. The Kier molecular flexibility index (Phi) is 5.46. The van der Waals surface area contributed by atoms with Crippen LogP contribution in [0.5, 0.6) is 0 Å². The minimum atomic E-state index is -0.114. The smallest absolute Gasteiger partial charge is 0.270 e. The van der Waals surface area contributed by atoms with Crippen molar-refractivity contribution in [3.63, 3.8) is 0 Å². The first-order chi connectivity index (χ1) is 12.6. The van der Waals surface area contributed by atoms with Gasteiger partial charge in [0.15, 0.2) is 0 Å². The van der Waals surface area contributed by atoms with E-state index in [-0.39, 0.29) is 24.3 Å². The summed E-state index contributed by atoms with van der Waals surface area (Å²) in [6.07, 6.45) is 0.662. The van der Waals surface area contributed by atoms with Gasteiger partial charge in [0.2, 0.25) is 5.91 Å². The van der Waals surface area contributed by atoms with Gasteiger partial charge in [-0.1, -0.05) is 48.5 Å². The molecule has 2 aromatic carbocycles. The highest BCUT2D eigenvalue weighted by Crippen LogP contribution is 2.21. The molecule has 0 atom stereocenters. The molecular formula is C21H23N3O2. The van der Waals surface area contributed by atoms with Gasteiger partial charge >= 0.3 is 0 Å². The number of hydrogen-bond donors (Lipinski definition) is 0. The molecule has 0 radical (unpaired) electrons. The molecule has 3 rings (SSSR count). The fourth-order valence-electron chi connectivity index (χ4n) is 2.91. The Bertz CT molecular complexity index is 801. The van der Waals surface area contributed by atoms with E-state index >= 15 is 0 Å². The molecule has 5 heteroatoms. The van der Waals surface area contributed by atoms with Crippen molar-refractivity contribution in [1.82, 2.24) is 4.90 Å². The molecule has 0 unspecified atom stereocenters. The minimum absolute atomic E-state index is 0.0354. The molecule has 2 aromatic rings. The summed E-state index contributed by atoms with van der Waals surface area (Å²) >= 11 is 0. The van der Waals surface area contributed by atoms with Crippen LogP contribution in [-0.4, -0.2) is 28.5 Å². The number of nitrogens with zero attached hydrogens (tertiary/aromatic N) is 3. The van der Waals surface area contributed by atoms with Gasteiger partial charge in [0.25, 0.3) is 5.91 Å². The molecule has 134 valence electrons. The quantitative estimate of drug-likeness (QED) is 0.828. The van der Waals surface area contributed by atoms with Crippen LogP contribution < -0.4 is 5.01 Å². The Morgan fingerprint density at radius 2 is 1.65 bits per heavy atom. The Morgan fingerprint density at radius 3 is 2.27 bits per heavy atom. The van der Waals surface area contributed by atoms with Crippen LogP contribution in [0.15, 0.2) is 65.8 Å². The molecule has 0 saturated heterocycles. The Morgan fingerprint density at radius 1 is 1.04 bits per heavy atom. The molecule has 0 N–H and O–H groups in total. The normalized spacial score (nSPS) is 14.3. The molecule has 2 amide bonds. The molecule has 0 aliphatic carbocycles. The van der Waals surface area contributed by atoms with Crippen LogP contribution in [0.4, 0.5) is 5.69 Å². The van der Waals surface area contributed by atoms with Crippen LogP contribution in [0.2, 0.25) is 0 Å². The first-order valence-corrected chi connectivity index (χ1v) is 8.86. The van der Waals surface area contributed by atoms with Crippen molar-refractivity contribution in [2.75, 3.05) is 5.01 Å². The van der Waals surface area contributed by atoms with Crippen molar-refractivity contribution in [3.8, 4) is 0 Å². The molecule has 0 aromatic heterocycles. The molecule has 0 bridgehead atoms. The lowest BCUT2D eigenvalue weighted by Crippen LogP contribution is -2.44. The van der Waals surface area contributed by atoms with Gasteiger partial charge in [-0.15, -0.1) is 0 Å². The molecule has 0 saturated carbocycles. The average Bonchev–Trinajstić information content (AvgIpc) is 2.67. The van der Waals surface area contributed by atoms with Crippen molar-refractivity contribution in [3.05, 3.63) is 66.2 Å². The third-order valence-corrected chi connectivity index (χ3v) is 4.36. The maximum atomic E-state index is 13.1. The molecule has 5 nitrogen and oxygen atoms in total. The fourth-order valence-corrected chi connectivity index (χ4v) is 2.91. The van der Waals surface area contributed by atoms with E-state index < -0.39 is 0 Å². The summed E-state index contributed by atoms with van der Waals surface area (Å²) in [6, 6.07) is 19.2. The summed E-state index contributed by atoms with van der Waals surface area (Å²) in [5, 5.41) is 5.73. The van der Waals surface area contributed by atoms with Gasteiger partial charge < -0.3 is 4.90 Å². The van der Waals surface area contributed by atoms with Crippen LogP contribution in [0.1, 0.15) is 32.3 Å². The second-order valence-corrected chi connectivity index (χ2v) is 6.60. The molecule has 0 spiro atoms. The van der Waals surface area contributed by atoms with Crippen molar-refractivity contribution >= 4 is 23.2 Å². The van der Waals surface area contributed by atoms with Gasteiger partial charge in [-0.3, -0.25) is 9.59 Å². The van der Waals surface area contributed by atoms with Gasteiger partial charge in [0, 0.05) is 25.4 Å². The fraction of sp³-hybridized carbons (Fsp3) is 0.286. The van der Waals surface area contributed by atoms with Crippen molar-refractivity contribution in [2.24, 2.45) is 5.10 Å². The lowest BCUT2D eigenvalue weighted by Gasteiger charge is -2.30. The van der Waals surface area contributed by atoms with E-state index in [1.54, 1.807) is 4.90 Å².